The molecular weight excluding hydrogens is 176 g/mol. The molecule has 14 heavy (non-hydrogen) atoms. The van der Waals surface area contributed by atoms with E-state index in [4.69, 9.17) is 0 Å². The van der Waals surface area contributed by atoms with Gasteiger partial charge in [-0.2, -0.15) is 5.32 Å². The van der Waals surface area contributed by atoms with Crippen LogP contribution in [0.3, 0.4) is 0 Å². The van der Waals surface area contributed by atoms with Crippen LogP contribution in [0.4, 0.5) is 4.79 Å². The molecule has 1 unspecified atom stereocenters. The molecule has 0 saturated carbocycles. The van der Waals surface area contributed by atoms with Crippen LogP contribution in [-0.2, 0) is 0 Å². The van der Waals surface area contributed by atoms with E-state index in [1.807, 2.05) is 0 Å². The minimum Gasteiger partial charge on any atom is -0.311 e. The van der Waals surface area contributed by atoms with Crippen LogP contribution in [0.2, 0.25) is 0 Å². The minimum atomic E-state index is -0.219. The molecule has 1 radical (unpaired) electrons. The van der Waals surface area contributed by atoms with Gasteiger partial charge in [-0.25, -0.2) is 4.79 Å². The van der Waals surface area contributed by atoms with Gasteiger partial charge in [0.25, 0.3) is 0 Å². The van der Waals surface area contributed by atoms with Crippen molar-refractivity contribution in [3.63, 3.8) is 0 Å². The normalized spacial score (nSPS) is 26.4. The number of amides is 2. The van der Waals surface area contributed by atoms with Gasteiger partial charge in [0.15, 0.2) is 0 Å². The Bertz CT molecular complexity index is 304. The van der Waals surface area contributed by atoms with Gasteiger partial charge in [0.1, 0.15) is 0 Å². The highest BCUT2D eigenvalue weighted by Gasteiger charge is 2.19. The standard InChI is InChI=1S/C11H15N2O/c1-8-3-2-4-9(5-8)6-10-7-12-11(14)13-10/h3,7,9H,2,4-6H2,1H3,(H,12,14). The summed E-state index contributed by atoms with van der Waals surface area (Å²) in [5, 5.41) is 6.49. The largest absolute Gasteiger partial charge is 0.345 e. The SMILES string of the molecule is CC1=CCCC(CC2=CNC(=O)[N]2)C1. The molecule has 0 bridgehead atoms. The van der Waals surface area contributed by atoms with Gasteiger partial charge < -0.3 is 5.32 Å². The van der Waals surface area contributed by atoms with Crippen molar-refractivity contribution in [2.45, 2.75) is 32.6 Å². The lowest BCUT2D eigenvalue weighted by Gasteiger charge is -2.20. The minimum absolute atomic E-state index is 0.219. The van der Waals surface area contributed by atoms with Crippen LogP contribution in [-0.4, -0.2) is 6.03 Å². The van der Waals surface area contributed by atoms with E-state index in [-0.39, 0.29) is 6.03 Å². The molecule has 2 aliphatic rings. The molecule has 1 N–H and O–H groups in total. The van der Waals surface area contributed by atoms with Crippen molar-refractivity contribution >= 4 is 6.03 Å². The Labute approximate surface area is 84.3 Å². The topological polar surface area (TPSA) is 43.2 Å². The van der Waals surface area contributed by atoms with Crippen molar-refractivity contribution in [2.24, 2.45) is 5.92 Å². The number of hydrogen-bond donors (Lipinski definition) is 1. The Balaban J connectivity index is 1.86. The maximum absolute atomic E-state index is 10.8. The molecule has 1 heterocycles. The van der Waals surface area contributed by atoms with E-state index >= 15 is 0 Å². The monoisotopic (exact) mass is 191 g/mol. The number of nitrogens with one attached hydrogen (secondary N) is 1. The van der Waals surface area contributed by atoms with Gasteiger partial charge in [-0.3, -0.25) is 0 Å². The molecule has 1 atom stereocenters. The number of hydrogen-bond acceptors (Lipinski definition) is 1. The van der Waals surface area contributed by atoms with Gasteiger partial charge in [-0.1, -0.05) is 11.6 Å². The average molecular weight is 191 g/mol. The van der Waals surface area contributed by atoms with Crippen molar-refractivity contribution in [3.05, 3.63) is 23.5 Å². The number of urea groups is 1. The Kier molecular flexibility index (Phi) is 2.57. The van der Waals surface area contributed by atoms with Gasteiger partial charge in [0.05, 0.1) is 5.70 Å². The second-order valence-corrected chi connectivity index (χ2v) is 4.10. The van der Waals surface area contributed by atoms with E-state index in [0.29, 0.717) is 5.92 Å². The van der Waals surface area contributed by atoms with Gasteiger partial charge in [0.2, 0.25) is 0 Å². The van der Waals surface area contributed by atoms with E-state index in [1.165, 1.54) is 18.4 Å². The molecule has 2 amide bonds. The van der Waals surface area contributed by atoms with Gasteiger partial charge in [-0.05, 0) is 38.5 Å². The molecule has 0 aromatic carbocycles. The number of nitrogens with zero attached hydrogens (tertiary/aromatic N) is 1. The van der Waals surface area contributed by atoms with E-state index in [0.717, 1.165) is 18.5 Å². The summed E-state index contributed by atoms with van der Waals surface area (Å²) in [5.41, 5.74) is 2.38. The predicted molar refractivity (Wildman–Crippen MR) is 54.5 cm³/mol. The molecule has 0 fully saturated rings. The quantitative estimate of drug-likeness (QED) is 0.668. The third kappa shape index (κ3) is 2.16. The fourth-order valence-corrected chi connectivity index (χ4v) is 2.12. The summed E-state index contributed by atoms with van der Waals surface area (Å²) < 4.78 is 0. The third-order valence-electron chi connectivity index (χ3n) is 2.78. The molecule has 0 aromatic rings. The first-order valence-corrected chi connectivity index (χ1v) is 5.11. The van der Waals surface area contributed by atoms with E-state index in [2.05, 4.69) is 23.6 Å². The fraction of sp³-hybridized carbons (Fsp3) is 0.545. The average Bonchev–Trinajstić information content (AvgIpc) is 2.51. The lowest BCUT2D eigenvalue weighted by molar-refractivity contribution is 0.248. The lowest BCUT2D eigenvalue weighted by Crippen LogP contribution is -2.17. The fourth-order valence-electron chi connectivity index (χ4n) is 2.12. The summed E-state index contributed by atoms with van der Waals surface area (Å²) in [6.45, 7) is 2.18. The zero-order valence-corrected chi connectivity index (χ0v) is 8.42. The van der Waals surface area contributed by atoms with Crippen LogP contribution in [0, 0.1) is 5.92 Å². The van der Waals surface area contributed by atoms with E-state index in [9.17, 15) is 4.79 Å². The van der Waals surface area contributed by atoms with Crippen LogP contribution in [0.15, 0.2) is 23.5 Å². The van der Waals surface area contributed by atoms with Crippen LogP contribution in [0.1, 0.15) is 32.6 Å². The molecule has 2 rings (SSSR count). The molecule has 0 spiro atoms. The first-order chi connectivity index (χ1) is 6.74. The van der Waals surface area contributed by atoms with Crippen LogP contribution >= 0.6 is 0 Å². The van der Waals surface area contributed by atoms with Crippen molar-refractivity contribution in [1.29, 1.82) is 0 Å². The highest BCUT2D eigenvalue weighted by atomic mass is 16.2. The first kappa shape index (κ1) is 9.31. The van der Waals surface area contributed by atoms with Crippen LogP contribution < -0.4 is 10.6 Å². The maximum atomic E-state index is 10.8. The highest BCUT2D eigenvalue weighted by Crippen LogP contribution is 2.28. The Morgan fingerprint density at radius 3 is 3.14 bits per heavy atom. The molecule has 3 nitrogen and oxygen atoms in total. The summed E-state index contributed by atoms with van der Waals surface area (Å²) in [6.07, 6.45) is 8.52. The summed E-state index contributed by atoms with van der Waals surface area (Å²) in [7, 11) is 0. The van der Waals surface area contributed by atoms with E-state index in [1.54, 1.807) is 6.20 Å². The smallest absolute Gasteiger partial charge is 0.311 e. The Morgan fingerprint density at radius 2 is 2.50 bits per heavy atom. The van der Waals surface area contributed by atoms with Crippen molar-refractivity contribution < 1.29 is 4.79 Å². The molecule has 1 aliphatic heterocycles. The molecular formula is C11H15N2O. The van der Waals surface area contributed by atoms with Crippen molar-refractivity contribution in [1.82, 2.24) is 10.6 Å². The van der Waals surface area contributed by atoms with Crippen LogP contribution in [0.5, 0.6) is 0 Å². The van der Waals surface area contributed by atoms with Gasteiger partial charge in [0, 0.05) is 6.20 Å². The first-order valence-electron chi connectivity index (χ1n) is 5.11. The van der Waals surface area contributed by atoms with Gasteiger partial charge in [-0.15, -0.1) is 0 Å². The molecule has 0 saturated heterocycles. The maximum Gasteiger partial charge on any atom is 0.345 e. The Morgan fingerprint density at radius 1 is 1.64 bits per heavy atom. The summed E-state index contributed by atoms with van der Waals surface area (Å²) >= 11 is 0. The molecule has 1 aliphatic carbocycles. The predicted octanol–water partition coefficient (Wildman–Crippen LogP) is 2.29. The summed E-state index contributed by atoms with van der Waals surface area (Å²) in [6, 6.07) is -0.219. The third-order valence-corrected chi connectivity index (χ3v) is 2.78. The summed E-state index contributed by atoms with van der Waals surface area (Å²) in [4.78, 5) is 10.8. The molecule has 0 aromatic heterocycles. The zero-order valence-electron chi connectivity index (χ0n) is 8.42. The molecule has 3 heteroatoms. The van der Waals surface area contributed by atoms with E-state index < -0.39 is 0 Å². The second kappa shape index (κ2) is 3.86. The van der Waals surface area contributed by atoms with Crippen molar-refractivity contribution in [3.8, 4) is 0 Å². The number of carbonyl (C=O) groups excluding carboxylic acids is 1. The second-order valence-electron chi connectivity index (χ2n) is 4.10. The van der Waals surface area contributed by atoms with Crippen LogP contribution in [0.25, 0.3) is 0 Å². The number of carbonyl (C=O) groups is 1. The number of allylic oxidation sites excluding steroid dienone is 3. The van der Waals surface area contributed by atoms with Gasteiger partial charge >= 0.3 is 6.03 Å². The Hall–Kier alpha value is -1.25. The highest BCUT2D eigenvalue weighted by molar-refractivity contribution is 5.79. The number of rotatable bonds is 2. The summed E-state index contributed by atoms with van der Waals surface area (Å²) in [5.74, 6) is 0.669. The lowest BCUT2D eigenvalue weighted by atomic mass is 9.86. The molecule has 75 valence electrons. The van der Waals surface area contributed by atoms with Crippen molar-refractivity contribution in [2.75, 3.05) is 0 Å². The zero-order chi connectivity index (χ0) is 9.97.